The minimum Gasteiger partial charge on any atom is -0.366 e. The van der Waals surface area contributed by atoms with Crippen LogP contribution in [0.15, 0.2) is 24.3 Å². The van der Waals surface area contributed by atoms with E-state index in [1.165, 1.54) is 24.8 Å². The Bertz CT molecular complexity index is 420. The SMILES string of the molecule is CC1CCCC(C)N1Cc1cccc(C(N)=O)c1. The molecule has 1 aromatic carbocycles. The van der Waals surface area contributed by atoms with Crippen molar-refractivity contribution in [2.45, 2.75) is 51.7 Å². The second-order valence-corrected chi connectivity index (χ2v) is 5.37. The Morgan fingerprint density at radius 3 is 2.61 bits per heavy atom. The number of hydrogen-bond acceptors (Lipinski definition) is 2. The van der Waals surface area contributed by atoms with Crippen molar-refractivity contribution in [3.63, 3.8) is 0 Å². The van der Waals surface area contributed by atoms with Crippen LogP contribution in [0.2, 0.25) is 0 Å². The van der Waals surface area contributed by atoms with Gasteiger partial charge in [-0.1, -0.05) is 18.6 Å². The van der Waals surface area contributed by atoms with Crippen LogP contribution >= 0.6 is 0 Å². The van der Waals surface area contributed by atoms with Gasteiger partial charge in [0.15, 0.2) is 0 Å². The average molecular weight is 246 g/mol. The van der Waals surface area contributed by atoms with Gasteiger partial charge >= 0.3 is 0 Å². The number of primary amides is 1. The number of rotatable bonds is 3. The lowest BCUT2D eigenvalue weighted by atomic mass is 9.96. The second kappa shape index (κ2) is 5.53. The van der Waals surface area contributed by atoms with Crippen molar-refractivity contribution in [2.75, 3.05) is 0 Å². The van der Waals surface area contributed by atoms with Crippen LogP contribution in [0.25, 0.3) is 0 Å². The normalized spacial score (nSPS) is 25.0. The van der Waals surface area contributed by atoms with E-state index >= 15 is 0 Å². The van der Waals surface area contributed by atoms with E-state index in [2.05, 4.69) is 24.8 Å². The Morgan fingerprint density at radius 1 is 1.33 bits per heavy atom. The topological polar surface area (TPSA) is 46.3 Å². The molecule has 1 heterocycles. The lowest BCUT2D eigenvalue weighted by molar-refractivity contribution is 0.0950. The maximum atomic E-state index is 11.2. The molecular formula is C15H22N2O. The van der Waals surface area contributed by atoms with Crippen molar-refractivity contribution in [1.82, 2.24) is 4.90 Å². The highest BCUT2D eigenvalue weighted by Gasteiger charge is 2.24. The van der Waals surface area contributed by atoms with Crippen LogP contribution in [0.5, 0.6) is 0 Å². The van der Waals surface area contributed by atoms with Gasteiger partial charge in [-0.3, -0.25) is 9.69 Å². The van der Waals surface area contributed by atoms with E-state index in [0.29, 0.717) is 17.6 Å². The Kier molecular flexibility index (Phi) is 4.02. The zero-order valence-electron chi connectivity index (χ0n) is 11.2. The Balaban J connectivity index is 2.12. The molecule has 3 nitrogen and oxygen atoms in total. The van der Waals surface area contributed by atoms with Gasteiger partial charge in [0.25, 0.3) is 0 Å². The van der Waals surface area contributed by atoms with Crippen molar-refractivity contribution in [3.05, 3.63) is 35.4 Å². The van der Waals surface area contributed by atoms with Crippen molar-refractivity contribution < 1.29 is 4.79 Å². The molecule has 3 heteroatoms. The van der Waals surface area contributed by atoms with E-state index in [1.807, 2.05) is 12.1 Å². The van der Waals surface area contributed by atoms with Gasteiger partial charge < -0.3 is 5.73 Å². The Labute approximate surface area is 109 Å². The maximum Gasteiger partial charge on any atom is 0.248 e. The van der Waals surface area contributed by atoms with E-state index in [4.69, 9.17) is 5.73 Å². The summed E-state index contributed by atoms with van der Waals surface area (Å²) in [5.41, 5.74) is 7.09. The maximum absolute atomic E-state index is 11.2. The van der Waals surface area contributed by atoms with E-state index in [1.54, 1.807) is 6.07 Å². The third-order valence-electron chi connectivity index (χ3n) is 3.95. The molecule has 0 bridgehead atoms. The predicted molar refractivity (Wildman–Crippen MR) is 73.3 cm³/mol. The van der Waals surface area contributed by atoms with Gasteiger partial charge in [0, 0.05) is 24.2 Å². The van der Waals surface area contributed by atoms with Gasteiger partial charge in [0.1, 0.15) is 0 Å². The Morgan fingerprint density at radius 2 is 2.00 bits per heavy atom. The van der Waals surface area contributed by atoms with Crippen LogP contribution in [0.3, 0.4) is 0 Å². The average Bonchev–Trinajstić information content (AvgIpc) is 2.34. The smallest absolute Gasteiger partial charge is 0.248 e. The fourth-order valence-electron chi connectivity index (χ4n) is 2.82. The number of carbonyl (C=O) groups excluding carboxylic acids is 1. The van der Waals surface area contributed by atoms with Gasteiger partial charge in [-0.2, -0.15) is 0 Å². The Hall–Kier alpha value is -1.35. The quantitative estimate of drug-likeness (QED) is 0.891. The van der Waals surface area contributed by atoms with Gasteiger partial charge in [0.2, 0.25) is 5.91 Å². The molecule has 0 aromatic heterocycles. The first-order chi connectivity index (χ1) is 8.58. The summed E-state index contributed by atoms with van der Waals surface area (Å²) in [5.74, 6) is -0.350. The van der Waals surface area contributed by atoms with Crippen LogP contribution < -0.4 is 5.73 Å². The molecule has 18 heavy (non-hydrogen) atoms. The highest BCUT2D eigenvalue weighted by molar-refractivity contribution is 5.92. The highest BCUT2D eigenvalue weighted by Crippen LogP contribution is 2.24. The molecule has 1 amide bonds. The third kappa shape index (κ3) is 2.91. The number of likely N-dealkylation sites (tertiary alicyclic amines) is 1. The first kappa shape index (κ1) is 13.1. The molecule has 1 aliphatic rings. The lowest BCUT2D eigenvalue weighted by Gasteiger charge is -2.39. The molecule has 0 saturated carbocycles. The summed E-state index contributed by atoms with van der Waals surface area (Å²) >= 11 is 0. The first-order valence-electron chi connectivity index (χ1n) is 6.72. The molecule has 0 spiro atoms. The molecule has 0 aliphatic carbocycles. The number of nitrogens with zero attached hydrogens (tertiary/aromatic N) is 1. The van der Waals surface area contributed by atoms with E-state index in [9.17, 15) is 4.79 Å². The largest absolute Gasteiger partial charge is 0.366 e. The molecule has 2 rings (SSSR count). The minimum absolute atomic E-state index is 0.350. The minimum atomic E-state index is -0.350. The molecule has 98 valence electrons. The number of piperidine rings is 1. The number of nitrogens with two attached hydrogens (primary N) is 1. The molecule has 1 saturated heterocycles. The monoisotopic (exact) mass is 246 g/mol. The van der Waals surface area contributed by atoms with Crippen LogP contribution in [0, 0.1) is 0 Å². The second-order valence-electron chi connectivity index (χ2n) is 5.37. The van der Waals surface area contributed by atoms with Gasteiger partial charge in [-0.25, -0.2) is 0 Å². The molecule has 1 aromatic rings. The lowest BCUT2D eigenvalue weighted by Crippen LogP contribution is -2.42. The van der Waals surface area contributed by atoms with Crippen LogP contribution in [-0.4, -0.2) is 22.9 Å². The zero-order valence-corrected chi connectivity index (χ0v) is 11.2. The molecule has 2 unspecified atom stereocenters. The van der Waals surface area contributed by atoms with Gasteiger partial charge in [0.05, 0.1) is 0 Å². The van der Waals surface area contributed by atoms with Crippen molar-refractivity contribution in [3.8, 4) is 0 Å². The summed E-state index contributed by atoms with van der Waals surface area (Å²) in [6, 6.07) is 8.90. The number of hydrogen-bond donors (Lipinski definition) is 1. The molecule has 0 radical (unpaired) electrons. The standard InChI is InChI=1S/C15H22N2O/c1-11-5-3-6-12(2)17(11)10-13-7-4-8-14(9-13)15(16)18/h4,7-9,11-12H,3,5-6,10H2,1-2H3,(H2,16,18). The number of amides is 1. The molecule has 2 N–H and O–H groups in total. The summed E-state index contributed by atoms with van der Waals surface area (Å²) in [6.07, 6.45) is 3.85. The molecule has 2 atom stereocenters. The predicted octanol–water partition coefficient (Wildman–Crippen LogP) is 2.55. The van der Waals surface area contributed by atoms with Crippen molar-refractivity contribution in [2.24, 2.45) is 5.73 Å². The van der Waals surface area contributed by atoms with Gasteiger partial charge in [-0.05, 0) is 44.4 Å². The van der Waals surface area contributed by atoms with Crippen molar-refractivity contribution >= 4 is 5.91 Å². The number of benzene rings is 1. The third-order valence-corrected chi connectivity index (χ3v) is 3.95. The van der Waals surface area contributed by atoms with E-state index < -0.39 is 0 Å². The molecule has 1 fully saturated rings. The van der Waals surface area contributed by atoms with Crippen LogP contribution in [-0.2, 0) is 6.54 Å². The summed E-state index contributed by atoms with van der Waals surface area (Å²) in [5, 5.41) is 0. The van der Waals surface area contributed by atoms with Crippen LogP contribution in [0.4, 0.5) is 0 Å². The summed E-state index contributed by atoms with van der Waals surface area (Å²) < 4.78 is 0. The summed E-state index contributed by atoms with van der Waals surface area (Å²) in [7, 11) is 0. The molecular weight excluding hydrogens is 224 g/mol. The summed E-state index contributed by atoms with van der Waals surface area (Å²) in [6.45, 7) is 5.48. The zero-order chi connectivity index (χ0) is 13.1. The fourth-order valence-corrected chi connectivity index (χ4v) is 2.82. The van der Waals surface area contributed by atoms with Gasteiger partial charge in [-0.15, -0.1) is 0 Å². The number of carbonyl (C=O) groups is 1. The van der Waals surface area contributed by atoms with Crippen molar-refractivity contribution in [1.29, 1.82) is 0 Å². The van der Waals surface area contributed by atoms with Crippen LogP contribution in [0.1, 0.15) is 49.0 Å². The van der Waals surface area contributed by atoms with E-state index in [-0.39, 0.29) is 5.91 Å². The summed E-state index contributed by atoms with van der Waals surface area (Å²) in [4.78, 5) is 13.7. The fraction of sp³-hybridized carbons (Fsp3) is 0.533. The first-order valence-corrected chi connectivity index (χ1v) is 6.72. The highest BCUT2D eigenvalue weighted by atomic mass is 16.1. The molecule has 1 aliphatic heterocycles. The van der Waals surface area contributed by atoms with E-state index in [0.717, 1.165) is 6.54 Å².